The normalized spacial score (nSPS) is 19.1. The third kappa shape index (κ3) is 4.41. The van der Waals surface area contributed by atoms with Crippen LogP contribution in [0.4, 0.5) is 5.69 Å². The molecule has 0 saturated carbocycles. The molecule has 0 aromatic heterocycles. The van der Waals surface area contributed by atoms with Crippen molar-refractivity contribution in [1.82, 2.24) is 5.32 Å². The van der Waals surface area contributed by atoms with Crippen LogP contribution in [0.25, 0.3) is 0 Å². The van der Waals surface area contributed by atoms with E-state index in [9.17, 15) is 0 Å². The first kappa shape index (κ1) is 15.2. The summed E-state index contributed by atoms with van der Waals surface area (Å²) in [7, 11) is 0. The van der Waals surface area contributed by atoms with Gasteiger partial charge in [-0.2, -0.15) is 0 Å². The first-order valence-electron chi connectivity index (χ1n) is 7.79. The van der Waals surface area contributed by atoms with E-state index in [0.29, 0.717) is 6.04 Å². The summed E-state index contributed by atoms with van der Waals surface area (Å²) in [5.41, 5.74) is 1.31. The molecule has 1 aromatic carbocycles. The first-order valence-corrected chi connectivity index (χ1v) is 7.79. The summed E-state index contributed by atoms with van der Waals surface area (Å²) in [5.74, 6) is 1.73. The van der Waals surface area contributed by atoms with Gasteiger partial charge in [0.1, 0.15) is 5.75 Å². The van der Waals surface area contributed by atoms with Gasteiger partial charge in [0.2, 0.25) is 0 Å². The topological polar surface area (TPSA) is 24.5 Å². The summed E-state index contributed by atoms with van der Waals surface area (Å²) in [4.78, 5) is 2.48. The summed E-state index contributed by atoms with van der Waals surface area (Å²) in [6.45, 7) is 12.0. The van der Waals surface area contributed by atoms with Gasteiger partial charge in [-0.15, -0.1) is 0 Å². The van der Waals surface area contributed by atoms with Crippen molar-refractivity contribution in [3.63, 3.8) is 0 Å². The van der Waals surface area contributed by atoms with Gasteiger partial charge in [0, 0.05) is 24.8 Å². The van der Waals surface area contributed by atoms with E-state index in [1.807, 2.05) is 0 Å². The minimum Gasteiger partial charge on any atom is -0.491 e. The van der Waals surface area contributed by atoms with Gasteiger partial charge >= 0.3 is 0 Å². The quantitative estimate of drug-likeness (QED) is 0.863. The minimum atomic E-state index is 0.235. The molecule has 0 amide bonds. The Hall–Kier alpha value is -1.22. The molecule has 1 fully saturated rings. The molecule has 0 bridgehead atoms. The molecule has 1 atom stereocenters. The van der Waals surface area contributed by atoms with Crippen molar-refractivity contribution in [2.75, 3.05) is 24.5 Å². The molecule has 1 N–H and O–H groups in total. The van der Waals surface area contributed by atoms with Gasteiger partial charge in [0.15, 0.2) is 0 Å². The molecular formula is C17H28N2O. The van der Waals surface area contributed by atoms with Crippen LogP contribution in [0.5, 0.6) is 5.75 Å². The van der Waals surface area contributed by atoms with E-state index >= 15 is 0 Å². The third-order valence-corrected chi connectivity index (χ3v) is 3.67. The molecular weight excluding hydrogens is 248 g/mol. The van der Waals surface area contributed by atoms with Gasteiger partial charge < -0.3 is 15.0 Å². The molecule has 20 heavy (non-hydrogen) atoms. The summed E-state index contributed by atoms with van der Waals surface area (Å²) < 4.78 is 5.69. The van der Waals surface area contributed by atoms with Crippen molar-refractivity contribution >= 4 is 5.69 Å². The Kier molecular flexibility index (Phi) is 5.30. The number of rotatable bonds is 6. The van der Waals surface area contributed by atoms with Crippen LogP contribution in [0, 0.1) is 5.92 Å². The zero-order valence-electron chi connectivity index (χ0n) is 13.2. The Morgan fingerprint density at radius 2 is 1.90 bits per heavy atom. The zero-order chi connectivity index (χ0) is 14.5. The van der Waals surface area contributed by atoms with Crippen molar-refractivity contribution in [3.05, 3.63) is 24.3 Å². The summed E-state index contributed by atoms with van der Waals surface area (Å²) >= 11 is 0. The van der Waals surface area contributed by atoms with E-state index in [1.54, 1.807) is 0 Å². The van der Waals surface area contributed by atoms with Gasteiger partial charge in [0.25, 0.3) is 0 Å². The van der Waals surface area contributed by atoms with Crippen LogP contribution in [0.1, 0.15) is 34.1 Å². The zero-order valence-corrected chi connectivity index (χ0v) is 13.2. The molecule has 3 heteroatoms. The second-order valence-electron chi connectivity index (χ2n) is 6.32. The van der Waals surface area contributed by atoms with Crippen molar-refractivity contribution in [1.29, 1.82) is 0 Å². The van der Waals surface area contributed by atoms with Gasteiger partial charge in [-0.1, -0.05) is 13.8 Å². The summed E-state index contributed by atoms with van der Waals surface area (Å²) in [6, 6.07) is 9.09. The predicted molar refractivity (Wildman–Crippen MR) is 85.7 cm³/mol. The molecule has 1 aliphatic heterocycles. The van der Waals surface area contributed by atoms with Crippen LogP contribution in [0.2, 0.25) is 0 Å². The highest BCUT2D eigenvalue weighted by Gasteiger charge is 2.22. The number of nitrogens with one attached hydrogen (secondary N) is 1. The molecule has 3 nitrogen and oxygen atoms in total. The molecule has 0 spiro atoms. The molecule has 1 saturated heterocycles. The Labute approximate surface area is 123 Å². The minimum absolute atomic E-state index is 0.235. The first-order chi connectivity index (χ1) is 9.54. The largest absolute Gasteiger partial charge is 0.491 e. The van der Waals surface area contributed by atoms with Crippen molar-refractivity contribution in [3.8, 4) is 5.75 Å². The number of hydrogen-bond donors (Lipinski definition) is 1. The van der Waals surface area contributed by atoms with E-state index < -0.39 is 0 Å². The number of ether oxygens (including phenoxy) is 1. The fraction of sp³-hybridized carbons (Fsp3) is 0.647. The lowest BCUT2D eigenvalue weighted by atomic mass is 10.1. The third-order valence-electron chi connectivity index (χ3n) is 3.67. The molecule has 1 heterocycles. The molecule has 112 valence electrons. The van der Waals surface area contributed by atoms with Gasteiger partial charge in [0.05, 0.1) is 6.10 Å². The fourth-order valence-corrected chi connectivity index (χ4v) is 2.64. The Morgan fingerprint density at radius 1 is 1.20 bits per heavy atom. The van der Waals surface area contributed by atoms with Crippen molar-refractivity contribution in [2.24, 2.45) is 5.92 Å². The Bertz CT molecular complexity index is 400. The maximum atomic E-state index is 5.69. The maximum absolute atomic E-state index is 5.69. The molecule has 1 unspecified atom stereocenters. The second-order valence-corrected chi connectivity index (χ2v) is 6.32. The SMILES string of the molecule is CC(C)NCC1CCN(c2ccc(OC(C)C)cc2)C1. The van der Waals surface area contributed by atoms with Gasteiger partial charge in [-0.25, -0.2) is 0 Å². The Morgan fingerprint density at radius 3 is 2.50 bits per heavy atom. The van der Waals surface area contributed by atoms with E-state index in [1.165, 1.54) is 12.1 Å². The molecule has 2 rings (SSSR count). The van der Waals surface area contributed by atoms with E-state index in [-0.39, 0.29) is 6.10 Å². The van der Waals surface area contributed by atoms with E-state index in [0.717, 1.165) is 31.3 Å². The lowest BCUT2D eigenvalue weighted by Crippen LogP contribution is -2.30. The van der Waals surface area contributed by atoms with Crippen molar-refractivity contribution in [2.45, 2.75) is 46.3 Å². The standard InChI is InChI=1S/C17H28N2O/c1-13(2)18-11-15-9-10-19(12-15)16-5-7-17(8-6-16)20-14(3)4/h5-8,13-15,18H,9-12H2,1-4H3. The highest BCUT2D eigenvalue weighted by atomic mass is 16.5. The maximum Gasteiger partial charge on any atom is 0.119 e. The molecule has 1 aliphatic rings. The monoisotopic (exact) mass is 276 g/mol. The Balaban J connectivity index is 1.86. The summed E-state index contributed by atoms with van der Waals surface area (Å²) in [6.07, 6.45) is 1.52. The number of hydrogen-bond acceptors (Lipinski definition) is 3. The lowest BCUT2D eigenvalue weighted by Gasteiger charge is -2.20. The lowest BCUT2D eigenvalue weighted by molar-refractivity contribution is 0.242. The fourth-order valence-electron chi connectivity index (χ4n) is 2.64. The molecule has 0 aliphatic carbocycles. The van der Waals surface area contributed by atoms with Crippen LogP contribution < -0.4 is 15.0 Å². The average molecular weight is 276 g/mol. The van der Waals surface area contributed by atoms with Crippen LogP contribution in [-0.2, 0) is 0 Å². The van der Waals surface area contributed by atoms with Gasteiger partial charge in [-0.05, 0) is 57.0 Å². The van der Waals surface area contributed by atoms with Crippen LogP contribution in [0.15, 0.2) is 24.3 Å². The number of nitrogens with zero attached hydrogens (tertiary/aromatic N) is 1. The number of benzene rings is 1. The smallest absolute Gasteiger partial charge is 0.119 e. The van der Waals surface area contributed by atoms with Gasteiger partial charge in [-0.3, -0.25) is 0 Å². The van der Waals surface area contributed by atoms with E-state index in [2.05, 4.69) is 62.2 Å². The molecule has 1 aromatic rings. The van der Waals surface area contributed by atoms with Crippen molar-refractivity contribution < 1.29 is 4.74 Å². The van der Waals surface area contributed by atoms with E-state index in [4.69, 9.17) is 4.74 Å². The summed E-state index contributed by atoms with van der Waals surface area (Å²) in [5, 5.41) is 3.54. The molecule has 0 radical (unpaired) electrons. The highest BCUT2D eigenvalue weighted by molar-refractivity contribution is 5.49. The van der Waals surface area contributed by atoms with Crippen LogP contribution in [0.3, 0.4) is 0 Å². The van der Waals surface area contributed by atoms with Crippen LogP contribution >= 0.6 is 0 Å². The average Bonchev–Trinajstić information content (AvgIpc) is 2.85. The van der Waals surface area contributed by atoms with Crippen LogP contribution in [-0.4, -0.2) is 31.8 Å². The highest BCUT2D eigenvalue weighted by Crippen LogP contribution is 2.25. The second kappa shape index (κ2) is 6.98. The number of anilines is 1. The predicted octanol–water partition coefficient (Wildman–Crippen LogP) is 3.30.